The largest absolute Gasteiger partial charge is 0.366 e. The van der Waals surface area contributed by atoms with Gasteiger partial charge in [-0.25, -0.2) is 0 Å². The summed E-state index contributed by atoms with van der Waals surface area (Å²) in [6, 6.07) is 7.04. The summed E-state index contributed by atoms with van der Waals surface area (Å²) < 4.78 is 0. The maximum atomic E-state index is 11.7. The molecule has 0 heterocycles. The van der Waals surface area contributed by atoms with Crippen LogP contribution in [0.1, 0.15) is 30.6 Å². The first-order valence-corrected chi connectivity index (χ1v) is 5.92. The number of carbonyl (C=O) groups excluding carboxylic acids is 2. The van der Waals surface area contributed by atoms with Crippen molar-refractivity contribution in [3.8, 4) is 0 Å². The Morgan fingerprint density at radius 3 is 2.56 bits per heavy atom. The van der Waals surface area contributed by atoms with Gasteiger partial charge in [-0.2, -0.15) is 0 Å². The molecule has 0 unspecified atom stereocenters. The van der Waals surface area contributed by atoms with Crippen molar-refractivity contribution < 1.29 is 9.59 Å². The van der Waals surface area contributed by atoms with Gasteiger partial charge in [0.1, 0.15) is 0 Å². The maximum absolute atomic E-state index is 11.7. The summed E-state index contributed by atoms with van der Waals surface area (Å²) in [5, 5.41) is 5.83. The number of amides is 2. The first kappa shape index (κ1) is 14.2. The third-order valence-corrected chi connectivity index (χ3v) is 2.37. The minimum atomic E-state index is -0.550. The molecule has 2 amide bonds. The minimum absolute atomic E-state index is 0.142. The van der Waals surface area contributed by atoms with Gasteiger partial charge in [-0.15, -0.1) is 0 Å². The van der Waals surface area contributed by atoms with E-state index in [0.717, 1.165) is 0 Å². The molecule has 0 radical (unpaired) electrons. The Labute approximate surface area is 107 Å². The Hall–Kier alpha value is -1.88. The molecular weight excluding hydrogens is 230 g/mol. The van der Waals surface area contributed by atoms with Crippen molar-refractivity contribution in [3.63, 3.8) is 0 Å². The minimum Gasteiger partial charge on any atom is -0.366 e. The van der Waals surface area contributed by atoms with Crippen LogP contribution in [0, 0.1) is 0 Å². The van der Waals surface area contributed by atoms with Gasteiger partial charge in [-0.3, -0.25) is 9.59 Å². The number of hydrogen-bond acceptors (Lipinski definition) is 3. The van der Waals surface area contributed by atoms with E-state index in [0.29, 0.717) is 30.3 Å². The van der Waals surface area contributed by atoms with Crippen LogP contribution in [0.3, 0.4) is 0 Å². The highest BCUT2D eigenvalue weighted by atomic mass is 16.2. The SMILES string of the molecule is CC(C)NCCC(=O)Nc1ccccc1C(N)=O. The number of primary amides is 1. The first-order valence-electron chi connectivity index (χ1n) is 5.92. The van der Waals surface area contributed by atoms with E-state index >= 15 is 0 Å². The summed E-state index contributed by atoms with van der Waals surface area (Å²) in [4.78, 5) is 22.8. The van der Waals surface area contributed by atoms with Gasteiger partial charge in [0.15, 0.2) is 0 Å². The van der Waals surface area contributed by atoms with Gasteiger partial charge in [0.05, 0.1) is 11.3 Å². The lowest BCUT2D eigenvalue weighted by atomic mass is 10.1. The third-order valence-electron chi connectivity index (χ3n) is 2.37. The number of hydrogen-bond donors (Lipinski definition) is 3. The molecule has 0 aromatic heterocycles. The van der Waals surface area contributed by atoms with Crippen molar-refractivity contribution in [2.24, 2.45) is 5.73 Å². The molecule has 1 aromatic rings. The predicted molar refractivity (Wildman–Crippen MR) is 71.3 cm³/mol. The Kier molecular flexibility index (Phi) is 5.32. The summed E-state index contributed by atoms with van der Waals surface area (Å²) in [6.45, 7) is 4.63. The second-order valence-electron chi connectivity index (χ2n) is 4.32. The summed E-state index contributed by atoms with van der Waals surface area (Å²) >= 11 is 0. The highest BCUT2D eigenvalue weighted by Gasteiger charge is 2.09. The fraction of sp³-hybridized carbons (Fsp3) is 0.385. The fourth-order valence-electron chi connectivity index (χ4n) is 1.49. The molecule has 0 bridgehead atoms. The van der Waals surface area contributed by atoms with Crippen LogP contribution in [0.2, 0.25) is 0 Å². The zero-order chi connectivity index (χ0) is 13.5. The van der Waals surface area contributed by atoms with Crippen molar-refractivity contribution in [3.05, 3.63) is 29.8 Å². The van der Waals surface area contributed by atoms with Crippen LogP contribution in [0.15, 0.2) is 24.3 Å². The molecule has 98 valence electrons. The molecule has 5 nitrogen and oxygen atoms in total. The van der Waals surface area contributed by atoms with Crippen LogP contribution in [0.4, 0.5) is 5.69 Å². The normalized spacial score (nSPS) is 10.4. The van der Waals surface area contributed by atoms with Gasteiger partial charge in [-0.05, 0) is 12.1 Å². The average molecular weight is 249 g/mol. The summed E-state index contributed by atoms with van der Waals surface area (Å²) in [7, 11) is 0. The molecule has 0 aliphatic rings. The van der Waals surface area contributed by atoms with Crippen LogP contribution in [0.5, 0.6) is 0 Å². The monoisotopic (exact) mass is 249 g/mol. The van der Waals surface area contributed by atoms with Crippen molar-refractivity contribution >= 4 is 17.5 Å². The van der Waals surface area contributed by atoms with E-state index in [-0.39, 0.29) is 5.91 Å². The second kappa shape index (κ2) is 6.76. The Balaban J connectivity index is 2.56. The number of nitrogens with two attached hydrogens (primary N) is 1. The van der Waals surface area contributed by atoms with Gasteiger partial charge in [0.2, 0.25) is 5.91 Å². The van der Waals surface area contributed by atoms with Crippen LogP contribution >= 0.6 is 0 Å². The molecule has 18 heavy (non-hydrogen) atoms. The molecule has 0 saturated carbocycles. The van der Waals surface area contributed by atoms with E-state index in [1.54, 1.807) is 24.3 Å². The van der Waals surface area contributed by atoms with Gasteiger partial charge >= 0.3 is 0 Å². The van der Waals surface area contributed by atoms with Crippen molar-refractivity contribution in [2.75, 3.05) is 11.9 Å². The van der Waals surface area contributed by atoms with Gasteiger partial charge in [0, 0.05) is 19.0 Å². The van der Waals surface area contributed by atoms with Crippen molar-refractivity contribution in [2.45, 2.75) is 26.3 Å². The zero-order valence-electron chi connectivity index (χ0n) is 10.7. The van der Waals surface area contributed by atoms with Gasteiger partial charge in [0.25, 0.3) is 5.91 Å². The van der Waals surface area contributed by atoms with Crippen LogP contribution in [-0.2, 0) is 4.79 Å². The second-order valence-corrected chi connectivity index (χ2v) is 4.32. The Bertz CT molecular complexity index is 430. The molecule has 4 N–H and O–H groups in total. The molecule has 0 spiro atoms. The van der Waals surface area contributed by atoms with Crippen molar-refractivity contribution in [1.82, 2.24) is 5.32 Å². The number of rotatable bonds is 6. The average Bonchev–Trinajstić information content (AvgIpc) is 2.28. The molecule has 1 rings (SSSR count). The van der Waals surface area contributed by atoms with E-state index in [1.165, 1.54) is 0 Å². The molecule has 0 fully saturated rings. The van der Waals surface area contributed by atoms with E-state index in [4.69, 9.17) is 5.73 Å². The number of benzene rings is 1. The van der Waals surface area contributed by atoms with Crippen LogP contribution in [-0.4, -0.2) is 24.4 Å². The van der Waals surface area contributed by atoms with E-state index in [2.05, 4.69) is 10.6 Å². The summed E-state index contributed by atoms with van der Waals surface area (Å²) in [5.41, 5.74) is 6.01. The molecule has 0 aliphatic heterocycles. The summed E-state index contributed by atoms with van der Waals surface area (Å²) in [6.07, 6.45) is 0.352. The molecule has 1 aromatic carbocycles. The molecular formula is C13H19N3O2. The lowest BCUT2D eigenvalue weighted by molar-refractivity contribution is -0.116. The van der Waals surface area contributed by atoms with Crippen molar-refractivity contribution in [1.29, 1.82) is 0 Å². The summed E-state index contributed by atoms with van der Waals surface area (Å²) in [5.74, 6) is -0.692. The predicted octanol–water partition coefficient (Wildman–Crippen LogP) is 1.11. The molecule has 0 saturated heterocycles. The van der Waals surface area contributed by atoms with Crippen LogP contribution in [0.25, 0.3) is 0 Å². The number of carbonyl (C=O) groups is 2. The lowest BCUT2D eigenvalue weighted by Gasteiger charge is -2.10. The molecule has 0 atom stereocenters. The third kappa shape index (κ3) is 4.55. The zero-order valence-corrected chi connectivity index (χ0v) is 10.7. The lowest BCUT2D eigenvalue weighted by Crippen LogP contribution is -2.27. The number of para-hydroxylation sites is 1. The number of anilines is 1. The Morgan fingerprint density at radius 2 is 1.94 bits per heavy atom. The van der Waals surface area contributed by atoms with Gasteiger partial charge < -0.3 is 16.4 Å². The van der Waals surface area contributed by atoms with Crippen LogP contribution < -0.4 is 16.4 Å². The fourth-order valence-corrected chi connectivity index (χ4v) is 1.49. The highest BCUT2D eigenvalue weighted by Crippen LogP contribution is 2.14. The first-order chi connectivity index (χ1) is 8.50. The topological polar surface area (TPSA) is 84.2 Å². The maximum Gasteiger partial charge on any atom is 0.250 e. The smallest absolute Gasteiger partial charge is 0.250 e. The quantitative estimate of drug-likeness (QED) is 0.706. The van der Waals surface area contributed by atoms with E-state index in [9.17, 15) is 9.59 Å². The van der Waals surface area contributed by atoms with E-state index in [1.807, 2.05) is 13.8 Å². The highest BCUT2D eigenvalue weighted by molar-refractivity contribution is 6.02. The van der Waals surface area contributed by atoms with E-state index < -0.39 is 5.91 Å². The molecule has 0 aliphatic carbocycles. The van der Waals surface area contributed by atoms with Gasteiger partial charge in [-0.1, -0.05) is 26.0 Å². The molecule has 5 heteroatoms. The standard InChI is InChI=1S/C13H19N3O2/c1-9(2)15-8-7-12(17)16-11-6-4-3-5-10(11)13(14)18/h3-6,9,15H,7-8H2,1-2H3,(H2,14,18)(H,16,17). The Morgan fingerprint density at radius 1 is 1.28 bits per heavy atom. The number of nitrogens with one attached hydrogen (secondary N) is 2.